The van der Waals surface area contributed by atoms with E-state index in [-0.39, 0.29) is 23.6 Å². The number of carbonyl (C=O) groups is 1. The van der Waals surface area contributed by atoms with Gasteiger partial charge in [-0.05, 0) is 44.7 Å². The molecule has 1 aromatic rings. The summed E-state index contributed by atoms with van der Waals surface area (Å²) in [5, 5.41) is 24.4. The predicted molar refractivity (Wildman–Crippen MR) is 129 cm³/mol. The third-order valence-electron chi connectivity index (χ3n) is 6.40. The van der Waals surface area contributed by atoms with Crippen LogP contribution in [0.4, 0.5) is 5.69 Å². The van der Waals surface area contributed by atoms with E-state index in [1.807, 2.05) is 6.07 Å². The van der Waals surface area contributed by atoms with Gasteiger partial charge in [0, 0.05) is 45.3 Å². The van der Waals surface area contributed by atoms with E-state index in [0.29, 0.717) is 48.4 Å². The molecule has 2 fully saturated rings. The quantitative estimate of drug-likeness (QED) is 0.359. The highest BCUT2D eigenvalue weighted by atomic mass is 16.5. The van der Waals surface area contributed by atoms with E-state index in [2.05, 4.69) is 32.8 Å². The minimum atomic E-state index is -0.532. The largest absolute Gasteiger partial charge is 0.391 e. The lowest BCUT2D eigenvalue weighted by Crippen LogP contribution is -2.51. The number of nitrogens with zero attached hydrogens (tertiary/aromatic N) is 4. The molecular weight excluding hydrogens is 438 g/mol. The van der Waals surface area contributed by atoms with Crippen molar-refractivity contribution in [2.24, 2.45) is 10.1 Å². The van der Waals surface area contributed by atoms with Gasteiger partial charge in [-0.15, -0.1) is 0 Å². The molecule has 0 spiro atoms. The number of aromatic nitrogens is 1. The molecule has 182 valence electrons. The summed E-state index contributed by atoms with van der Waals surface area (Å²) in [5.74, 6) is 0.918. The van der Waals surface area contributed by atoms with E-state index in [0.717, 1.165) is 19.3 Å². The van der Waals surface area contributed by atoms with Crippen LogP contribution in [0.3, 0.4) is 0 Å². The molecule has 1 aromatic heterocycles. The summed E-state index contributed by atoms with van der Waals surface area (Å²) in [6, 6.07) is 3.36. The number of hydrogen-bond donors (Lipinski definition) is 4. The Morgan fingerprint density at radius 1 is 1.29 bits per heavy atom. The highest BCUT2D eigenvalue weighted by Gasteiger charge is 2.32. The van der Waals surface area contributed by atoms with E-state index >= 15 is 0 Å². The number of aliphatic hydroxyl groups is 1. The number of carbonyl (C=O) groups excluding carboxylic acids is 1. The second-order valence-electron chi connectivity index (χ2n) is 8.52. The van der Waals surface area contributed by atoms with Crippen molar-refractivity contribution in [2.45, 2.75) is 50.8 Å². The van der Waals surface area contributed by atoms with Gasteiger partial charge in [0.25, 0.3) is 11.5 Å². The third kappa shape index (κ3) is 4.75. The van der Waals surface area contributed by atoms with Crippen LogP contribution in [0.2, 0.25) is 0 Å². The van der Waals surface area contributed by atoms with Crippen molar-refractivity contribution in [1.82, 2.24) is 20.2 Å². The van der Waals surface area contributed by atoms with E-state index < -0.39 is 6.10 Å². The van der Waals surface area contributed by atoms with Crippen molar-refractivity contribution in [3.8, 4) is 0 Å². The lowest BCUT2D eigenvalue weighted by atomic mass is 9.89. The molecule has 0 radical (unpaired) electrons. The first kappa shape index (κ1) is 23.7. The molecule has 0 bridgehead atoms. The lowest BCUT2D eigenvalue weighted by Gasteiger charge is -2.34. The van der Waals surface area contributed by atoms with Gasteiger partial charge in [0.1, 0.15) is 17.3 Å². The standard InChI is InChI=1S/C23H31N7O4/c1-14(22(32)27-16-6-7-18(16)31)21-28-19(13-20(24-2)30(21)25-3)26-17-5-4-10-29(23(17)33)15-8-11-34-12-9-15/h4-5,10,13,15-16,18,26,28,31H,3,6-9,11-12H2,1-2H3,(H,27,32)/b21-14+,24-20?/t16-,18+/m0/s1. The number of aliphatic hydroxyl groups excluding tert-OH is 1. The molecule has 0 unspecified atom stereocenters. The van der Waals surface area contributed by atoms with Gasteiger partial charge in [-0.3, -0.25) is 14.6 Å². The van der Waals surface area contributed by atoms with Crippen LogP contribution in [-0.2, 0) is 9.53 Å². The normalized spacial score (nSPS) is 25.7. The molecule has 4 N–H and O–H groups in total. The van der Waals surface area contributed by atoms with Crippen LogP contribution in [0.5, 0.6) is 0 Å². The number of anilines is 1. The zero-order chi connectivity index (χ0) is 24.2. The van der Waals surface area contributed by atoms with Crippen LogP contribution in [0, 0.1) is 0 Å². The molecule has 11 nitrogen and oxygen atoms in total. The van der Waals surface area contributed by atoms with Gasteiger partial charge in [-0.1, -0.05) is 0 Å². The molecule has 2 atom stereocenters. The van der Waals surface area contributed by atoms with Gasteiger partial charge >= 0.3 is 0 Å². The fourth-order valence-electron chi connectivity index (χ4n) is 4.18. The highest BCUT2D eigenvalue weighted by molar-refractivity contribution is 5.99. The monoisotopic (exact) mass is 469 g/mol. The van der Waals surface area contributed by atoms with Gasteiger partial charge in [0.05, 0.1) is 17.7 Å². The van der Waals surface area contributed by atoms with Crippen molar-refractivity contribution < 1.29 is 14.6 Å². The van der Waals surface area contributed by atoms with Crippen molar-refractivity contribution in [2.75, 3.05) is 25.6 Å². The minimum absolute atomic E-state index is 0.0905. The molecule has 1 saturated carbocycles. The van der Waals surface area contributed by atoms with Crippen LogP contribution in [-0.4, -0.2) is 65.6 Å². The van der Waals surface area contributed by atoms with Crippen molar-refractivity contribution in [3.05, 3.63) is 52.0 Å². The molecule has 1 saturated heterocycles. The second-order valence-corrected chi connectivity index (χ2v) is 8.52. The van der Waals surface area contributed by atoms with Gasteiger partial charge < -0.3 is 30.4 Å². The van der Waals surface area contributed by atoms with Crippen molar-refractivity contribution in [3.63, 3.8) is 0 Å². The number of amidine groups is 1. The summed E-state index contributed by atoms with van der Waals surface area (Å²) in [6.07, 6.45) is 5.92. The van der Waals surface area contributed by atoms with Crippen LogP contribution in [0.25, 0.3) is 0 Å². The summed E-state index contributed by atoms with van der Waals surface area (Å²) in [7, 11) is 1.60. The van der Waals surface area contributed by atoms with E-state index in [1.165, 1.54) is 5.01 Å². The molecule has 0 aromatic carbocycles. The summed E-state index contributed by atoms with van der Waals surface area (Å²) in [5.41, 5.74) is 0.588. The number of ether oxygens (including phenoxy) is 1. The highest BCUT2D eigenvalue weighted by Crippen LogP contribution is 2.23. The first-order valence-electron chi connectivity index (χ1n) is 11.4. The number of aliphatic imine (C=N–C) groups is 1. The topological polar surface area (TPSA) is 133 Å². The minimum Gasteiger partial charge on any atom is -0.391 e. The molecule has 34 heavy (non-hydrogen) atoms. The van der Waals surface area contributed by atoms with Crippen LogP contribution < -0.4 is 21.5 Å². The van der Waals surface area contributed by atoms with Gasteiger partial charge in [-0.2, -0.15) is 10.1 Å². The summed E-state index contributed by atoms with van der Waals surface area (Å²) in [4.78, 5) is 30.2. The molecule has 11 heteroatoms. The summed E-state index contributed by atoms with van der Waals surface area (Å²) < 4.78 is 7.15. The third-order valence-corrected chi connectivity index (χ3v) is 6.40. The Morgan fingerprint density at radius 2 is 2.06 bits per heavy atom. The van der Waals surface area contributed by atoms with Gasteiger partial charge in [-0.25, -0.2) is 0 Å². The average Bonchev–Trinajstić information content (AvgIpc) is 2.86. The Morgan fingerprint density at radius 3 is 2.68 bits per heavy atom. The van der Waals surface area contributed by atoms with E-state index in [9.17, 15) is 14.7 Å². The lowest BCUT2D eigenvalue weighted by molar-refractivity contribution is -0.120. The number of hydrazone groups is 1. The summed E-state index contributed by atoms with van der Waals surface area (Å²) >= 11 is 0. The first-order chi connectivity index (χ1) is 16.4. The van der Waals surface area contributed by atoms with Gasteiger partial charge in [0.2, 0.25) is 0 Å². The van der Waals surface area contributed by atoms with E-state index in [4.69, 9.17) is 4.74 Å². The smallest absolute Gasteiger partial charge is 0.274 e. The van der Waals surface area contributed by atoms with E-state index in [1.54, 1.807) is 36.9 Å². The zero-order valence-corrected chi connectivity index (χ0v) is 19.5. The number of hydrogen-bond acceptors (Lipinski definition) is 8. The SMILES string of the molecule is C=NN1C(=NC)C=C(Nc2cccn(C3CCOCC3)c2=O)N/C1=C(/C)C(=O)N[C@H]1CC[C@H]1O. The van der Waals surface area contributed by atoms with Crippen molar-refractivity contribution >= 4 is 24.1 Å². The fraction of sp³-hybridized carbons (Fsp3) is 0.478. The van der Waals surface area contributed by atoms with Crippen molar-refractivity contribution in [1.29, 1.82) is 0 Å². The molecule has 1 amide bonds. The fourth-order valence-corrected chi connectivity index (χ4v) is 4.18. The molecule has 3 aliphatic rings. The maximum Gasteiger partial charge on any atom is 0.274 e. The average molecular weight is 470 g/mol. The van der Waals surface area contributed by atoms with Crippen LogP contribution >= 0.6 is 0 Å². The Kier molecular flexibility index (Phi) is 7.13. The molecule has 2 aliphatic heterocycles. The first-order valence-corrected chi connectivity index (χ1v) is 11.4. The Balaban J connectivity index is 1.60. The maximum absolute atomic E-state index is 13.2. The molecule has 1 aliphatic carbocycles. The summed E-state index contributed by atoms with van der Waals surface area (Å²) in [6.45, 7) is 6.52. The predicted octanol–water partition coefficient (Wildman–Crippen LogP) is 0.873. The Labute approximate surface area is 197 Å². The number of nitrogens with one attached hydrogen (secondary N) is 3. The molecular formula is C23H31N7O4. The molecule has 3 heterocycles. The molecule has 4 rings (SSSR count). The van der Waals surface area contributed by atoms with Crippen LogP contribution in [0.15, 0.2) is 56.5 Å². The van der Waals surface area contributed by atoms with Crippen LogP contribution in [0.1, 0.15) is 38.6 Å². The number of amides is 1. The Hall–Kier alpha value is -3.44. The second kappa shape index (κ2) is 10.2. The zero-order valence-electron chi connectivity index (χ0n) is 19.5. The van der Waals surface area contributed by atoms with Gasteiger partial charge in [0.15, 0.2) is 5.84 Å². The number of rotatable bonds is 6. The maximum atomic E-state index is 13.2. The Bertz CT molecular complexity index is 1100. The number of pyridine rings is 1.